The van der Waals surface area contributed by atoms with Crippen molar-refractivity contribution in [3.63, 3.8) is 0 Å². The van der Waals surface area contributed by atoms with Gasteiger partial charge >= 0.3 is 11.8 Å². The van der Waals surface area contributed by atoms with Crippen LogP contribution in [0.15, 0.2) is 48.5 Å². The predicted molar refractivity (Wildman–Crippen MR) is 126 cm³/mol. The normalized spacial score (nSPS) is 15.3. The molecule has 1 aliphatic carbocycles. The number of hydrogen-bond donors (Lipinski definition) is 2. The van der Waals surface area contributed by atoms with Gasteiger partial charge in [-0.2, -0.15) is 0 Å². The molecule has 0 bridgehead atoms. The largest absolute Gasteiger partial charge is 0.347 e. The average molecular weight is 422 g/mol. The maximum Gasteiger partial charge on any atom is 0.313 e. The Morgan fingerprint density at radius 1 is 1.00 bits per heavy atom. The summed E-state index contributed by atoms with van der Waals surface area (Å²) in [6.45, 7) is 7.86. The van der Waals surface area contributed by atoms with E-state index in [2.05, 4.69) is 60.6 Å². The van der Waals surface area contributed by atoms with Gasteiger partial charge in [0.15, 0.2) is 0 Å². The zero-order valence-corrected chi connectivity index (χ0v) is 19.4. The zero-order chi connectivity index (χ0) is 22.6. The number of anilines is 1. The molecule has 1 aliphatic rings. The molecule has 31 heavy (non-hydrogen) atoms. The molecule has 0 unspecified atom stereocenters. The van der Waals surface area contributed by atoms with Crippen LogP contribution in [0.4, 0.5) is 5.69 Å². The second-order valence-electron chi connectivity index (χ2n) is 10.0. The van der Waals surface area contributed by atoms with Crippen molar-refractivity contribution in [3.05, 3.63) is 65.2 Å². The van der Waals surface area contributed by atoms with Crippen LogP contribution in [-0.2, 0) is 27.0 Å². The highest BCUT2D eigenvalue weighted by Crippen LogP contribution is 2.43. The van der Waals surface area contributed by atoms with Crippen molar-refractivity contribution >= 4 is 17.5 Å². The Morgan fingerprint density at radius 2 is 1.68 bits per heavy atom. The first kappa shape index (κ1) is 23.0. The molecule has 0 saturated heterocycles. The molecule has 0 aliphatic heterocycles. The van der Waals surface area contributed by atoms with Crippen molar-refractivity contribution in [1.29, 1.82) is 0 Å². The van der Waals surface area contributed by atoms with E-state index in [1.807, 2.05) is 32.3 Å². The summed E-state index contributed by atoms with van der Waals surface area (Å²) in [6.07, 6.45) is 3.19. The van der Waals surface area contributed by atoms with Gasteiger partial charge in [-0.25, -0.2) is 0 Å². The molecule has 0 atom stereocenters. The molecular formula is C26H35N3O2. The molecule has 0 radical (unpaired) electrons. The third kappa shape index (κ3) is 5.73. The van der Waals surface area contributed by atoms with Crippen LogP contribution >= 0.6 is 0 Å². The highest BCUT2D eigenvalue weighted by atomic mass is 16.2. The van der Waals surface area contributed by atoms with Gasteiger partial charge in [-0.05, 0) is 61.2 Å². The van der Waals surface area contributed by atoms with Gasteiger partial charge in [0.1, 0.15) is 0 Å². The van der Waals surface area contributed by atoms with Crippen molar-refractivity contribution in [2.45, 2.75) is 57.4 Å². The Kier molecular flexibility index (Phi) is 6.85. The van der Waals surface area contributed by atoms with Crippen molar-refractivity contribution in [3.8, 4) is 0 Å². The molecule has 0 heterocycles. The smallest absolute Gasteiger partial charge is 0.313 e. The Balaban J connectivity index is 1.60. The Hall–Kier alpha value is -2.66. The Morgan fingerprint density at radius 3 is 2.23 bits per heavy atom. The molecule has 2 amide bonds. The van der Waals surface area contributed by atoms with E-state index in [9.17, 15) is 9.59 Å². The third-order valence-corrected chi connectivity index (χ3v) is 6.15. The van der Waals surface area contributed by atoms with Crippen molar-refractivity contribution in [1.82, 2.24) is 10.2 Å². The summed E-state index contributed by atoms with van der Waals surface area (Å²) in [7, 11) is 3.98. The first-order chi connectivity index (χ1) is 14.6. The van der Waals surface area contributed by atoms with E-state index in [4.69, 9.17) is 0 Å². The molecular weight excluding hydrogens is 386 g/mol. The Labute approximate surface area is 186 Å². The molecule has 5 nitrogen and oxygen atoms in total. The zero-order valence-electron chi connectivity index (χ0n) is 19.4. The van der Waals surface area contributed by atoms with Crippen LogP contribution in [0.2, 0.25) is 0 Å². The van der Waals surface area contributed by atoms with Crippen LogP contribution in [0.1, 0.15) is 56.7 Å². The molecule has 1 saturated carbocycles. The fraction of sp³-hybridized carbons (Fsp3) is 0.462. The van der Waals surface area contributed by atoms with Crippen LogP contribution in [0, 0.1) is 0 Å². The van der Waals surface area contributed by atoms with Crippen LogP contribution in [0.3, 0.4) is 0 Å². The lowest BCUT2D eigenvalue weighted by Crippen LogP contribution is -2.48. The summed E-state index contributed by atoms with van der Waals surface area (Å²) in [4.78, 5) is 27.0. The van der Waals surface area contributed by atoms with Gasteiger partial charge < -0.3 is 15.5 Å². The summed E-state index contributed by atoms with van der Waals surface area (Å²) >= 11 is 0. The third-order valence-electron chi connectivity index (χ3n) is 6.15. The minimum atomic E-state index is -0.625. The van der Waals surface area contributed by atoms with Crippen LogP contribution in [0.25, 0.3) is 0 Å². The number of benzene rings is 2. The molecule has 1 fully saturated rings. The first-order valence-electron chi connectivity index (χ1n) is 11.0. The first-order valence-corrected chi connectivity index (χ1v) is 11.0. The molecule has 3 rings (SSSR count). The number of carbonyl (C=O) groups excluding carboxylic acids is 2. The number of amides is 2. The van der Waals surface area contributed by atoms with Crippen LogP contribution in [0.5, 0.6) is 0 Å². The Bertz CT molecular complexity index is 922. The van der Waals surface area contributed by atoms with E-state index in [1.54, 1.807) is 6.07 Å². The fourth-order valence-electron chi connectivity index (χ4n) is 4.13. The lowest BCUT2D eigenvalue weighted by molar-refractivity contribution is -0.136. The van der Waals surface area contributed by atoms with Crippen LogP contribution < -0.4 is 10.6 Å². The highest BCUT2D eigenvalue weighted by molar-refractivity contribution is 6.39. The summed E-state index contributed by atoms with van der Waals surface area (Å²) in [5, 5.41) is 5.60. The molecule has 0 aromatic heterocycles. The predicted octanol–water partition coefficient (Wildman–Crippen LogP) is 4.22. The summed E-state index contributed by atoms with van der Waals surface area (Å²) in [5.74, 6) is -1.21. The minimum Gasteiger partial charge on any atom is -0.347 e. The standard InChI is InChI=1S/C26H35N3O2/c1-25(2,3)20-10-12-21(13-11-20)26(14-7-15-26)18-27-23(30)24(31)28-22-9-6-8-19(16-22)17-29(4)5/h6,8-13,16H,7,14-15,17-18H2,1-5H3,(H,27,30)(H,28,31). The lowest BCUT2D eigenvalue weighted by Gasteiger charge is -2.42. The van der Waals surface area contributed by atoms with Crippen molar-refractivity contribution in [2.24, 2.45) is 0 Å². The van der Waals surface area contributed by atoms with E-state index < -0.39 is 11.8 Å². The average Bonchev–Trinajstić information content (AvgIpc) is 2.66. The fourth-order valence-corrected chi connectivity index (χ4v) is 4.13. The SMILES string of the molecule is CN(C)Cc1cccc(NC(=O)C(=O)NCC2(c3ccc(C(C)(C)C)cc3)CCC2)c1. The monoisotopic (exact) mass is 421 g/mol. The van der Waals surface area contributed by atoms with Crippen molar-refractivity contribution < 1.29 is 9.59 Å². The van der Waals surface area contributed by atoms with Gasteiger partial charge in [0.2, 0.25) is 0 Å². The molecule has 2 aromatic carbocycles. The summed E-state index contributed by atoms with van der Waals surface area (Å²) in [5.41, 5.74) is 4.29. The second kappa shape index (κ2) is 9.23. The van der Waals surface area contributed by atoms with Crippen LogP contribution in [-0.4, -0.2) is 37.4 Å². The molecule has 0 spiro atoms. The highest BCUT2D eigenvalue weighted by Gasteiger charge is 2.39. The van der Waals surface area contributed by atoms with E-state index in [0.29, 0.717) is 12.2 Å². The quantitative estimate of drug-likeness (QED) is 0.687. The van der Waals surface area contributed by atoms with Gasteiger partial charge in [0, 0.05) is 24.2 Å². The lowest BCUT2D eigenvalue weighted by atomic mass is 9.64. The minimum absolute atomic E-state index is 0.0714. The van der Waals surface area contributed by atoms with E-state index >= 15 is 0 Å². The topological polar surface area (TPSA) is 61.4 Å². The maximum atomic E-state index is 12.5. The number of hydrogen-bond acceptors (Lipinski definition) is 3. The molecule has 2 aromatic rings. The number of nitrogens with one attached hydrogen (secondary N) is 2. The van der Waals surface area contributed by atoms with E-state index in [-0.39, 0.29) is 10.8 Å². The summed E-state index contributed by atoms with van der Waals surface area (Å²) < 4.78 is 0. The van der Waals surface area contributed by atoms with Crippen molar-refractivity contribution in [2.75, 3.05) is 26.0 Å². The van der Waals surface area contributed by atoms with E-state index in [1.165, 1.54) is 11.1 Å². The maximum absolute atomic E-state index is 12.5. The van der Waals surface area contributed by atoms with Gasteiger partial charge in [-0.15, -0.1) is 0 Å². The molecule has 2 N–H and O–H groups in total. The van der Waals surface area contributed by atoms with Gasteiger partial charge in [-0.3, -0.25) is 9.59 Å². The second-order valence-corrected chi connectivity index (χ2v) is 10.0. The molecule has 166 valence electrons. The molecule has 5 heteroatoms. The number of rotatable bonds is 6. The van der Waals surface area contributed by atoms with Gasteiger partial charge in [0.05, 0.1) is 0 Å². The van der Waals surface area contributed by atoms with E-state index in [0.717, 1.165) is 31.4 Å². The van der Waals surface area contributed by atoms with Gasteiger partial charge in [0.25, 0.3) is 0 Å². The number of carbonyl (C=O) groups is 2. The number of nitrogens with zero attached hydrogens (tertiary/aromatic N) is 1. The van der Waals surface area contributed by atoms with Gasteiger partial charge in [-0.1, -0.05) is 63.6 Å². The summed E-state index contributed by atoms with van der Waals surface area (Å²) in [6, 6.07) is 16.3.